The molecule has 1 aromatic heterocycles. The number of hydrogen-bond acceptors (Lipinski definition) is 5. The molecule has 146 valence electrons. The second-order valence-electron chi connectivity index (χ2n) is 6.12. The second kappa shape index (κ2) is 7.91. The number of rotatable bonds is 5. The minimum atomic E-state index is -0.465. The summed E-state index contributed by atoms with van der Waals surface area (Å²) in [6.45, 7) is 0. The normalized spacial score (nSPS) is 14.0. The highest BCUT2D eigenvalue weighted by Gasteiger charge is 2.40. The number of halogens is 2. The number of hydrogen-bond donors (Lipinski definition) is 1. The molecule has 29 heavy (non-hydrogen) atoms. The number of thiophene rings is 1. The van der Waals surface area contributed by atoms with E-state index in [0.717, 1.165) is 4.90 Å². The molecule has 0 saturated carbocycles. The lowest BCUT2D eigenvalue weighted by Crippen LogP contribution is -2.32. The number of nitrogens with one attached hydrogen (secondary N) is 1. The Morgan fingerprint density at radius 3 is 2.34 bits per heavy atom. The van der Waals surface area contributed by atoms with Crippen LogP contribution >= 0.6 is 34.5 Å². The lowest BCUT2D eigenvalue weighted by atomic mass is 10.2. The van der Waals surface area contributed by atoms with E-state index in [1.54, 1.807) is 49.6 Å². The van der Waals surface area contributed by atoms with Gasteiger partial charge < -0.3 is 10.1 Å². The molecule has 8 heteroatoms. The SMILES string of the molecule is COc1ccc(NC2=C(c3cccs3)C(=O)N(c3ccc(Cl)c(Cl)c3)C2=O)cc1. The van der Waals surface area contributed by atoms with Crippen molar-refractivity contribution in [3.63, 3.8) is 0 Å². The Hall–Kier alpha value is -2.80. The molecular formula is C21H14Cl2N2O3S. The largest absolute Gasteiger partial charge is 0.497 e. The van der Waals surface area contributed by atoms with E-state index in [-0.39, 0.29) is 10.7 Å². The molecule has 4 rings (SSSR count). The van der Waals surface area contributed by atoms with E-state index < -0.39 is 11.8 Å². The number of ether oxygens (including phenoxy) is 1. The van der Waals surface area contributed by atoms with Gasteiger partial charge in [-0.05, 0) is 53.9 Å². The van der Waals surface area contributed by atoms with Crippen LogP contribution in [0.25, 0.3) is 5.57 Å². The molecule has 0 spiro atoms. The van der Waals surface area contributed by atoms with Gasteiger partial charge in [0.25, 0.3) is 11.8 Å². The zero-order valence-electron chi connectivity index (χ0n) is 15.1. The molecule has 3 aromatic rings. The van der Waals surface area contributed by atoms with E-state index in [0.29, 0.717) is 32.6 Å². The Morgan fingerprint density at radius 2 is 1.72 bits per heavy atom. The number of carbonyl (C=O) groups excluding carboxylic acids is 2. The van der Waals surface area contributed by atoms with Crippen LogP contribution in [0.15, 0.2) is 65.7 Å². The monoisotopic (exact) mass is 444 g/mol. The Morgan fingerprint density at radius 1 is 0.966 bits per heavy atom. The quantitative estimate of drug-likeness (QED) is 0.530. The number of anilines is 2. The van der Waals surface area contributed by atoms with Crippen molar-refractivity contribution >= 4 is 63.3 Å². The average molecular weight is 445 g/mol. The third kappa shape index (κ3) is 3.62. The highest BCUT2D eigenvalue weighted by atomic mass is 35.5. The molecule has 1 aliphatic heterocycles. The van der Waals surface area contributed by atoms with Gasteiger partial charge in [0, 0.05) is 10.6 Å². The summed E-state index contributed by atoms with van der Waals surface area (Å²) in [7, 11) is 1.58. The van der Waals surface area contributed by atoms with Crippen molar-refractivity contribution in [3.8, 4) is 5.75 Å². The summed E-state index contributed by atoms with van der Waals surface area (Å²) < 4.78 is 5.16. The topological polar surface area (TPSA) is 58.6 Å². The molecule has 2 amide bonds. The number of methoxy groups -OCH3 is 1. The minimum absolute atomic E-state index is 0.202. The van der Waals surface area contributed by atoms with Gasteiger partial charge in [0.15, 0.2) is 0 Å². The van der Waals surface area contributed by atoms with E-state index in [1.165, 1.54) is 17.4 Å². The predicted octanol–water partition coefficient (Wildman–Crippen LogP) is 5.46. The van der Waals surface area contributed by atoms with Crippen LogP contribution < -0.4 is 15.0 Å². The molecule has 2 aromatic carbocycles. The van der Waals surface area contributed by atoms with Gasteiger partial charge in [-0.15, -0.1) is 11.3 Å². The van der Waals surface area contributed by atoms with Gasteiger partial charge in [-0.25, -0.2) is 4.90 Å². The predicted molar refractivity (Wildman–Crippen MR) is 117 cm³/mol. The van der Waals surface area contributed by atoms with Crippen LogP contribution in [0.1, 0.15) is 4.88 Å². The number of carbonyl (C=O) groups is 2. The lowest BCUT2D eigenvalue weighted by Gasteiger charge is -2.16. The van der Waals surface area contributed by atoms with Crippen molar-refractivity contribution in [2.45, 2.75) is 0 Å². The van der Waals surface area contributed by atoms with Crippen LogP contribution in [0.4, 0.5) is 11.4 Å². The van der Waals surface area contributed by atoms with Gasteiger partial charge in [0.2, 0.25) is 0 Å². The van der Waals surface area contributed by atoms with E-state index in [1.807, 2.05) is 11.4 Å². The summed E-state index contributed by atoms with van der Waals surface area (Å²) in [4.78, 5) is 28.3. The fraction of sp³-hybridized carbons (Fsp3) is 0.0476. The van der Waals surface area contributed by atoms with E-state index in [9.17, 15) is 9.59 Å². The maximum Gasteiger partial charge on any atom is 0.282 e. The molecule has 0 atom stereocenters. The summed E-state index contributed by atoms with van der Waals surface area (Å²) in [5, 5.41) is 5.56. The maximum atomic E-state index is 13.2. The zero-order chi connectivity index (χ0) is 20.5. The van der Waals surface area contributed by atoms with Crippen molar-refractivity contribution < 1.29 is 14.3 Å². The van der Waals surface area contributed by atoms with Crippen molar-refractivity contribution in [1.82, 2.24) is 0 Å². The fourth-order valence-corrected chi connectivity index (χ4v) is 4.03. The third-order valence-corrected chi connectivity index (χ3v) is 6.00. The molecular weight excluding hydrogens is 431 g/mol. The lowest BCUT2D eigenvalue weighted by molar-refractivity contribution is -0.120. The summed E-state index contributed by atoms with van der Waals surface area (Å²) in [6.07, 6.45) is 0. The van der Waals surface area contributed by atoms with Gasteiger partial charge >= 0.3 is 0 Å². The standard InChI is InChI=1S/C21H14Cl2N2O3S/c1-28-14-7-4-12(5-8-14)24-19-18(17-3-2-10-29-17)20(26)25(21(19)27)13-6-9-15(22)16(23)11-13/h2-11,24H,1H3. The smallest absolute Gasteiger partial charge is 0.282 e. The number of imide groups is 1. The molecule has 0 fully saturated rings. The average Bonchev–Trinajstić information content (AvgIpc) is 3.32. The molecule has 2 heterocycles. The van der Waals surface area contributed by atoms with Crippen molar-refractivity contribution in [2.24, 2.45) is 0 Å². The first kappa shape index (κ1) is 19.5. The summed E-state index contributed by atoms with van der Waals surface area (Å²) in [6, 6.07) is 15.4. The van der Waals surface area contributed by atoms with Crippen LogP contribution in [0.3, 0.4) is 0 Å². The van der Waals surface area contributed by atoms with Gasteiger partial charge in [-0.1, -0.05) is 29.3 Å². The molecule has 0 bridgehead atoms. The molecule has 0 unspecified atom stereocenters. The van der Waals surface area contributed by atoms with Gasteiger partial charge in [0.1, 0.15) is 11.4 Å². The first-order valence-electron chi connectivity index (χ1n) is 8.52. The van der Waals surface area contributed by atoms with Crippen LogP contribution in [0.5, 0.6) is 5.75 Å². The Kier molecular flexibility index (Phi) is 5.32. The van der Waals surface area contributed by atoms with Crippen molar-refractivity contribution in [2.75, 3.05) is 17.3 Å². The molecule has 1 N–H and O–H groups in total. The molecule has 0 radical (unpaired) electrons. The number of amides is 2. The van der Waals surface area contributed by atoms with E-state index in [2.05, 4.69) is 5.32 Å². The van der Waals surface area contributed by atoms with E-state index >= 15 is 0 Å². The second-order valence-corrected chi connectivity index (χ2v) is 7.89. The Balaban J connectivity index is 1.76. The Bertz CT molecular complexity index is 1130. The van der Waals surface area contributed by atoms with Crippen molar-refractivity contribution in [3.05, 3.63) is 80.6 Å². The molecule has 5 nitrogen and oxygen atoms in total. The van der Waals surface area contributed by atoms with Gasteiger partial charge in [-0.2, -0.15) is 0 Å². The highest BCUT2D eigenvalue weighted by molar-refractivity contribution is 7.11. The number of nitrogens with zero attached hydrogens (tertiary/aromatic N) is 1. The maximum absolute atomic E-state index is 13.2. The van der Waals surface area contributed by atoms with Crippen LogP contribution in [0, 0.1) is 0 Å². The minimum Gasteiger partial charge on any atom is -0.497 e. The molecule has 0 saturated heterocycles. The number of benzene rings is 2. The summed E-state index contributed by atoms with van der Waals surface area (Å²) in [5.74, 6) is -0.200. The van der Waals surface area contributed by atoms with Gasteiger partial charge in [0.05, 0.1) is 28.4 Å². The highest BCUT2D eigenvalue weighted by Crippen LogP contribution is 2.37. The molecule has 0 aliphatic carbocycles. The summed E-state index contributed by atoms with van der Waals surface area (Å²) >= 11 is 13.5. The fourth-order valence-electron chi connectivity index (χ4n) is 2.97. The van der Waals surface area contributed by atoms with E-state index in [4.69, 9.17) is 27.9 Å². The van der Waals surface area contributed by atoms with Crippen molar-refractivity contribution in [1.29, 1.82) is 0 Å². The van der Waals surface area contributed by atoms with Crippen LogP contribution in [-0.4, -0.2) is 18.9 Å². The first-order chi connectivity index (χ1) is 14.0. The summed E-state index contributed by atoms with van der Waals surface area (Å²) in [5.41, 5.74) is 1.53. The van der Waals surface area contributed by atoms with Gasteiger partial charge in [-0.3, -0.25) is 9.59 Å². The zero-order valence-corrected chi connectivity index (χ0v) is 17.4. The van der Waals surface area contributed by atoms with Crippen LogP contribution in [-0.2, 0) is 9.59 Å². The first-order valence-corrected chi connectivity index (χ1v) is 10.2. The van der Waals surface area contributed by atoms with Crippen LogP contribution in [0.2, 0.25) is 10.0 Å². The molecule has 1 aliphatic rings. The Labute approximate surface area is 181 Å². The third-order valence-electron chi connectivity index (χ3n) is 4.37.